The lowest BCUT2D eigenvalue weighted by Gasteiger charge is -2.14. The van der Waals surface area contributed by atoms with Crippen molar-refractivity contribution in [3.8, 4) is 5.75 Å². The predicted molar refractivity (Wildman–Crippen MR) is 61.3 cm³/mol. The van der Waals surface area contributed by atoms with Gasteiger partial charge in [0.15, 0.2) is 0 Å². The van der Waals surface area contributed by atoms with Gasteiger partial charge in [-0.15, -0.1) is 0 Å². The molecular formula is C11H14ClNO3. The molecule has 5 heteroatoms. The molecule has 0 radical (unpaired) electrons. The van der Waals surface area contributed by atoms with Crippen LogP contribution < -0.4 is 10.2 Å². The molecule has 88 valence electrons. The first-order chi connectivity index (χ1) is 7.58. The molecule has 1 atom stereocenters. The van der Waals surface area contributed by atoms with E-state index < -0.39 is 0 Å². The summed E-state index contributed by atoms with van der Waals surface area (Å²) in [6.45, 7) is 3.50. The van der Waals surface area contributed by atoms with Crippen LogP contribution in [0.2, 0.25) is 5.02 Å². The number of hydrogen-bond acceptors (Lipinski definition) is 3. The largest absolute Gasteiger partial charge is 0.488 e. The molecule has 1 unspecified atom stereocenters. The predicted octanol–water partition coefficient (Wildman–Crippen LogP) is 2.17. The fourth-order valence-corrected chi connectivity index (χ4v) is 1.17. The minimum absolute atomic E-state index is 0.159. The van der Waals surface area contributed by atoms with E-state index in [2.05, 4.69) is 5.48 Å². The highest BCUT2D eigenvalue weighted by molar-refractivity contribution is 6.30. The number of halogens is 1. The van der Waals surface area contributed by atoms with Gasteiger partial charge in [0.1, 0.15) is 18.5 Å². The van der Waals surface area contributed by atoms with E-state index in [0.717, 1.165) is 0 Å². The van der Waals surface area contributed by atoms with Gasteiger partial charge in [-0.3, -0.25) is 9.63 Å². The van der Waals surface area contributed by atoms with E-state index in [0.29, 0.717) is 10.8 Å². The quantitative estimate of drug-likeness (QED) is 0.807. The summed E-state index contributed by atoms with van der Waals surface area (Å²) in [4.78, 5) is 15.4. The Hall–Kier alpha value is -1.26. The summed E-state index contributed by atoms with van der Waals surface area (Å²) in [5.41, 5.74) is 2.23. The zero-order valence-corrected chi connectivity index (χ0v) is 9.95. The summed E-state index contributed by atoms with van der Waals surface area (Å²) in [5, 5.41) is 0.662. The molecule has 1 amide bonds. The van der Waals surface area contributed by atoms with E-state index in [1.807, 2.05) is 6.92 Å². The van der Waals surface area contributed by atoms with Crippen LogP contribution in [-0.2, 0) is 9.63 Å². The Kier molecular flexibility index (Phi) is 5.08. The van der Waals surface area contributed by atoms with Crippen LogP contribution in [0, 0.1) is 0 Å². The number of nitrogens with one attached hydrogen (secondary N) is 1. The highest BCUT2D eigenvalue weighted by Crippen LogP contribution is 2.16. The van der Waals surface area contributed by atoms with Crippen molar-refractivity contribution in [2.24, 2.45) is 0 Å². The Labute approximate surface area is 99.5 Å². The van der Waals surface area contributed by atoms with Gasteiger partial charge in [-0.25, -0.2) is 5.48 Å². The molecule has 0 aliphatic rings. The molecular weight excluding hydrogens is 230 g/mol. The van der Waals surface area contributed by atoms with Gasteiger partial charge in [0.05, 0.1) is 0 Å². The second kappa shape index (κ2) is 6.35. The summed E-state index contributed by atoms with van der Waals surface area (Å²) in [7, 11) is 0. The third kappa shape index (κ3) is 5.00. The maximum atomic E-state index is 10.5. The van der Waals surface area contributed by atoms with E-state index in [9.17, 15) is 4.79 Å². The van der Waals surface area contributed by atoms with Crippen LogP contribution in [0.4, 0.5) is 0 Å². The minimum atomic E-state index is -0.237. The molecule has 0 aromatic heterocycles. The third-order valence-corrected chi connectivity index (χ3v) is 1.94. The van der Waals surface area contributed by atoms with Gasteiger partial charge in [0, 0.05) is 11.9 Å². The van der Waals surface area contributed by atoms with Gasteiger partial charge in [-0.1, -0.05) is 11.6 Å². The van der Waals surface area contributed by atoms with E-state index in [1.54, 1.807) is 24.3 Å². The highest BCUT2D eigenvalue weighted by atomic mass is 35.5. The van der Waals surface area contributed by atoms with Gasteiger partial charge >= 0.3 is 0 Å². The van der Waals surface area contributed by atoms with Gasteiger partial charge in [0.25, 0.3) is 0 Å². The van der Waals surface area contributed by atoms with Gasteiger partial charge < -0.3 is 4.74 Å². The lowest BCUT2D eigenvalue weighted by Crippen LogP contribution is -2.27. The molecule has 1 rings (SSSR count). The third-order valence-electron chi connectivity index (χ3n) is 1.68. The Bertz CT molecular complexity index is 340. The normalized spacial score (nSPS) is 11.9. The SMILES string of the molecule is CC(=O)NOCC(C)Oc1ccc(Cl)cc1. The molecule has 0 saturated heterocycles. The average molecular weight is 244 g/mol. The number of rotatable bonds is 5. The number of hydroxylamine groups is 1. The van der Waals surface area contributed by atoms with Crippen molar-refractivity contribution in [1.82, 2.24) is 5.48 Å². The summed E-state index contributed by atoms with van der Waals surface area (Å²) < 4.78 is 5.52. The summed E-state index contributed by atoms with van der Waals surface area (Å²) in [6.07, 6.45) is -0.159. The first kappa shape index (κ1) is 12.8. The minimum Gasteiger partial charge on any atom is -0.488 e. The van der Waals surface area contributed by atoms with Crippen LogP contribution >= 0.6 is 11.6 Å². The van der Waals surface area contributed by atoms with E-state index in [4.69, 9.17) is 21.2 Å². The first-order valence-electron chi connectivity index (χ1n) is 4.88. The van der Waals surface area contributed by atoms with Crippen LogP contribution in [0.5, 0.6) is 5.75 Å². The van der Waals surface area contributed by atoms with Crippen molar-refractivity contribution in [3.63, 3.8) is 0 Å². The Balaban J connectivity index is 2.31. The number of hydrogen-bond donors (Lipinski definition) is 1. The van der Waals surface area contributed by atoms with Crippen molar-refractivity contribution >= 4 is 17.5 Å². The van der Waals surface area contributed by atoms with Gasteiger partial charge in [-0.2, -0.15) is 0 Å². The Morgan fingerprint density at radius 1 is 1.44 bits per heavy atom. The maximum absolute atomic E-state index is 10.5. The monoisotopic (exact) mass is 243 g/mol. The van der Waals surface area contributed by atoms with E-state index in [1.165, 1.54) is 6.92 Å². The smallest absolute Gasteiger partial charge is 0.240 e. The molecule has 0 aliphatic carbocycles. The van der Waals surface area contributed by atoms with Crippen LogP contribution in [0.25, 0.3) is 0 Å². The molecule has 0 spiro atoms. The number of carbonyl (C=O) groups excluding carboxylic acids is 1. The maximum Gasteiger partial charge on any atom is 0.240 e. The Morgan fingerprint density at radius 3 is 2.62 bits per heavy atom. The standard InChI is InChI=1S/C11H14ClNO3/c1-8(7-15-13-9(2)14)16-11-5-3-10(12)4-6-11/h3-6,8H,7H2,1-2H3,(H,13,14). The lowest BCUT2D eigenvalue weighted by molar-refractivity contribution is -0.132. The summed E-state index contributed by atoms with van der Waals surface area (Å²) in [5.74, 6) is 0.474. The van der Waals surface area contributed by atoms with Crippen LogP contribution in [0.15, 0.2) is 24.3 Å². The molecule has 1 aromatic rings. The molecule has 0 saturated carbocycles. The fraction of sp³-hybridized carbons (Fsp3) is 0.364. The van der Waals surface area contributed by atoms with Crippen molar-refractivity contribution in [3.05, 3.63) is 29.3 Å². The van der Waals surface area contributed by atoms with Gasteiger partial charge in [0.2, 0.25) is 5.91 Å². The zero-order valence-electron chi connectivity index (χ0n) is 9.20. The molecule has 0 bridgehead atoms. The number of carbonyl (C=O) groups is 1. The molecule has 4 nitrogen and oxygen atoms in total. The molecule has 1 N–H and O–H groups in total. The Morgan fingerprint density at radius 2 is 2.06 bits per heavy atom. The molecule has 16 heavy (non-hydrogen) atoms. The fourth-order valence-electron chi connectivity index (χ4n) is 1.04. The second-order valence-electron chi connectivity index (χ2n) is 3.35. The molecule has 0 aliphatic heterocycles. The second-order valence-corrected chi connectivity index (χ2v) is 3.79. The van der Waals surface area contributed by atoms with Crippen molar-refractivity contribution < 1.29 is 14.4 Å². The van der Waals surface area contributed by atoms with Crippen molar-refractivity contribution in [2.45, 2.75) is 20.0 Å². The van der Waals surface area contributed by atoms with E-state index >= 15 is 0 Å². The zero-order chi connectivity index (χ0) is 12.0. The number of ether oxygens (including phenoxy) is 1. The highest BCUT2D eigenvalue weighted by Gasteiger charge is 2.04. The summed E-state index contributed by atoms with van der Waals surface area (Å²) >= 11 is 5.74. The van der Waals surface area contributed by atoms with Gasteiger partial charge in [-0.05, 0) is 31.2 Å². The van der Waals surface area contributed by atoms with Crippen LogP contribution in [0.3, 0.4) is 0 Å². The first-order valence-corrected chi connectivity index (χ1v) is 5.26. The summed E-state index contributed by atoms with van der Waals surface area (Å²) in [6, 6.07) is 7.05. The van der Waals surface area contributed by atoms with Crippen LogP contribution in [-0.4, -0.2) is 18.6 Å². The number of amides is 1. The van der Waals surface area contributed by atoms with Crippen LogP contribution in [0.1, 0.15) is 13.8 Å². The van der Waals surface area contributed by atoms with E-state index in [-0.39, 0.29) is 18.6 Å². The number of benzene rings is 1. The van der Waals surface area contributed by atoms with Crippen molar-refractivity contribution in [2.75, 3.05) is 6.61 Å². The topological polar surface area (TPSA) is 47.6 Å². The molecule has 0 heterocycles. The molecule has 0 fully saturated rings. The lowest BCUT2D eigenvalue weighted by atomic mass is 10.3. The average Bonchev–Trinajstić information content (AvgIpc) is 2.21. The van der Waals surface area contributed by atoms with Crippen molar-refractivity contribution in [1.29, 1.82) is 0 Å². The molecule has 1 aromatic carbocycles.